The number of nitrogens with zero attached hydrogens (tertiary/aromatic N) is 2. The Hall–Kier alpha value is -1.29. The van der Waals surface area contributed by atoms with E-state index in [1.807, 2.05) is 6.20 Å². The molecule has 4 nitrogen and oxygen atoms in total. The highest BCUT2D eigenvalue weighted by Crippen LogP contribution is 2.31. The molecule has 0 unspecified atom stereocenters. The predicted octanol–water partition coefficient (Wildman–Crippen LogP) is 2.13. The van der Waals surface area contributed by atoms with Gasteiger partial charge in [0.25, 0.3) is 0 Å². The van der Waals surface area contributed by atoms with Gasteiger partial charge in [0.05, 0.1) is 6.61 Å². The Morgan fingerprint density at radius 2 is 2.35 bits per heavy atom. The van der Waals surface area contributed by atoms with E-state index in [0.717, 1.165) is 25.5 Å². The Balaban J connectivity index is 2.08. The Morgan fingerprint density at radius 1 is 1.53 bits per heavy atom. The number of anilines is 2. The first-order chi connectivity index (χ1) is 8.35. The van der Waals surface area contributed by atoms with Gasteiger partial charge in [-0.15, -0.1) is 0 Å². The normalized spacial score (nSPS) is 14.7. The van der Waals surface area contributed by atoms with E-state index in [4.69, 9.17) is 4.74 Å². The molecule has 4 heteroatoms. The number of methoxy groups -OCH3 is 1. The van der Waals surface area contributed by atoms with Crippen LogP contribution in [0, 0.1) is 0 Å². The fraction of sp³-hybridized carbons (Fsp3) is 0.615. The van der Waals surface area contributed by atoms with Crippen LogP contribution in [0.5, 0.6) is 0 Å². The van der Waals surface area contributed by atoms with Gasteiger partial charge in [-0.3, -0.25) is 0 Å². The summed E-state index contributed by atoms with van der Waals surface area (Å²) >= 11 is 0. The topological polar surface area (TPSA) is 37.4 Å². The van der Waals surface area contributed by atoms with Crippen molar-refractivity contribution < 1.29 is 4.74 Å². The highest BCUT2D eigenvalue weighted by molar-refractivity contribution is 5.55. The van der Waals surface area contributed by atoms with Crippen molar-refractivity contribution in [3.8, 4) is 0 Å². The summed E-state index contributed by atoms with van der Waals surface area (Å²) in [6, 6.07) is 4.90. The second kappa shape index (κ2) is 5.87. The minimum absolute atomic E-state index is 0.696. The maximum Gasteiger partial charge on any atom is 0.127 e. The van der Waals surface area contributed by atoms with E-state index in [1.54, 1.807) is 7.11 Å². The van der Waals surface area contributed by atoms with E-state index in [9.17, 15) is 0 Å². The van der Waals surface area contributed by atoms with Crippen molar-refractivity contribution in [1.29, 1.82) is 0 Å². The molecule has 0 radical (unpaired) electrons. The summed E-state index contributed by atoms with van der Waals surface area (Å²) in [5.41, 5.74) is 1.25. The fourth-order valence-corrected chi connectivity index (χ4v) is 1.97. The molecule has 17 heavy (non-hydrogen) atoms. The van der Waals surface area contributed by atoms with E-state index in [-0.39, 0.29) is 0 Å². The smallest absolute Gasteiger partial charge is 0.127 e. The quantitative estimate of drug-likeness (QED) is 0.785. The first-order valence-electron chi connectivity index (χ1n) is 6.30. The van der Waals surface area contributed by atoms with Crippen LogP contribution < -0.4 is 10.2 Å². The number of nitrogens with one attached hydrogen (secondary N) is 1. The Morgan fingerprint density at radius 3 is 3.00 bits per heavy atom. The SMILES string of the molecule is CCNc1cc(N(CCOC)C2CC2)ccn1. The van der Waals surface area contributed by atoms with Crippen molar-refractivity contribution in [3.05, 3.63) is 18.3 Å². The Labute approximate surface area is 103 Å². The molecule has 1 aliphatic carbocycles. The Kier molecular flexibility index (Phi) is 4.20. The lowest BCUT2D eigenvalue weighted by Crippen LogP contribution is -2.29. The lowest BCUT2D eigenvalue weighted by Gasteiger charge is -2.24. The zero-order valence-electron chi connectivity index (χ0n) is 10.6. The van der Waals surface area contributed by atoms with Crippen LogP contribution >= 0.6 is 0 Å². The third-order valence-corrected chi connectivity index (χ3v) is 2.96. The van der Waals surface area contributed by atoms with Crippen LogP contribution in [0.1, 0.15) is 19.8 Å². The summed E-state index contributed by atoms with van der Waals surface area (Å²) < 4.78 is 5.18. The summed E-state index contributed by atoms with van der Waals surface area (Å²) in [7, 11) is 1.75. The molecule has 94 valence electrons. The van der Waals surface area contributed by atoms with Gasteiger partial charge in [0.15, 0.2) is 0 Å². The monoisotopic (exact) mass is 235 g/mol. The number of pyridine rings is 1. The summed E-state index contributed by atoms with van der Waals surface area (Å²) in [4.78, 5) is 6.73. The standard InChI is InChI=1S/C13H21N3O/c1-3-14-13-10-12(6-7-15-13)16(8-9-17-2)11-4-5-11/h6-7,10-11H,3-5,8-9H2,1-2H3,(H,14,15). The zero-order valence-corrected chi connectivity index (χ0v) is 10.6. The van der Waals surface area contributed by atoms with E-state index >= 15 is 0 Å². The molecular formula is C13H21N3O. The van der Waals surface area contributed by atoms with Gasteiger partial charge in [-0.05, 0) is 25.8 Å². The van der Waals surface area contributed by atoms with Gasteiger partial charge in [0.1, 0.15) is 5.82 Å². The molecule has 2 rings (SSSR count). The summed E-state index contributed by atoms with van der Waals surface area (Å²) in [5.74, 6) is 0.952. The molecule has 0 saturated heterocycles. The predicted molar refractivity (Wildman–Crippen MR) is 70.6 cm³/mol. The molecule has 0 atom stereocenters. The van der Waals surface area contributed by atoms with Crippen LogP contribution in [0.3, 0.4) is 0 Å². The number of aromatic nitrogens is 1. The van der Waals surface area contributed by atoms with Crippen LogP contribution in [-0.4, -0.2) is 37.8 Å². The minimum atomic E-state index is 0.696. The van der Waals surface area contributed by atoms with Gasteiger partial charge in [-0.25, -0.2) is 4.98 Å². The van der Waals surface area contributed by atoms with E-state index < -0.39 is 0 Å². The molecule has 1 saturated carbocycles. The molecule has 1 fully saturated rings. The first kappa shape index (κ1) is 12.2. The molecule has 1 aliphatic rings. The van der Waals surface area contributed by atoms with Crippen molar-refractivity contribution in [2.24, 2.45) is 0 Å². The first-order valence-corrected chi connectivity index (χ1v) is 6.30. The summed E-state index contributed by atoms with van der Waals surface area (Å²) in [6.07, 6.45) is 4.46. The second-order valence-electron chi connectivity index (χ2n) is 4.35. The van der Waals surface area contributed by atoms with Gasteiger partial charge >= 0.3 is 0 Å². The molecular weight excluding hydrogens is 214 g/mol. The van der Waals surface area contributed by atoms with E-state index in [1.165, 1.54) is 18.5 Å². The number of rotatable bonds is 7. The third-order valence-electron chi connectivity index (χ3n) is 2.96. The summed E-state index contributed by atoms with van der Waals surface area (Å²) in [5, 5.41) is 3.25. The maximum absolute atomic E-state index is 5.18. The number of hydrogen-bond acceptors (Lipinski definition) is 4. The molecule has 0 amide bonds. The van der Waals surface area contributed by atoms with Crippen LogP contribution in [0.15, 0.2) is 18.3 Å². The second-order valence-corrected chi connectivity index (χ2v) is 4.35. The molecule has 0 bridgehead atoms. The molecule has 0 aliphatic heterocycles. The average molecular weight is 235 g/mol. The molecule has 1 heterocycles. The Bertz CT molecular complexity index is 352. The van der Waals surface area contributed by atoms with Gasteiger partial charge in [-0.1, -0.05) is 0 Å². The maximum atomic E-state index is 5.18. The van der Waals surface area contributed by atoms with Crippen molar-refractivity contribution >= 4 is 11.5 Å². The van der Waals surface area contributed by atoms with Gasteiger partial charge in [0.2, 0.25) is 0 Å². The largest absolute Gasteiger partial charge is 0.383 e. The molecule has 1 aromatic rings. The third kappa shape index (κ3) is 3.33. The van der Waals surface area contributed by atoms with Crippen LogP contribution in [0.2, 0.25) is 0 Å². The van der Waals surface area contributed by atoms with Crippen molar-refractivity contribution in [1.82, 2.24) is 4.98 Å². The molecule has 1 aromatic heterocycles. The molecule has 0 aromatic carbocycles. The van der Waals surface area contributed by atoms with E-state index in [0.29, 0.717) is 6.04 Å². The number of hydrogen-bond donors (Lipinski definition) is 1. The zero-order chi connectivity index (χ0) is 12.1. The van der Waals surface area contributed by atoms with Gasteiger partial charge in [0, 0.05) is 44.2 Å². The summed E-state index contributed by atoms with van der Waals surface area (Å²) in [6.45, 7) is 4.71. The van der Waals surface area contributed by atoms with Crippen molar-refractivity contribution in [2.45, 2.75) is 25.8 Å². The highest BCUT2D eigenvalue weighted by Gasteiger charge is 2.29. The lowest BCUT2D eigenvalue weighted by molar-refractivity contribution is 0.205. The highest BCUT2D eigenvalue weighted by atomic mass is 16.5. The lowest BCUT2D eigenvalue weighted by atomic mass is 10.3. The number of ether oxygens (including phenoxy) is 1. The van der Waals surface area contributed by atoms with Crippen LogP contribution in [0.25, 0.3) is 0 Å². The van der Waals surface area contributed by atoms with Gasteiger partial charge < -0.3 is 15.0 Å². The van der Waals surface area contributed by atoms with E-state index in [2.05, 4.69) is 34.3 Å². The average Bonchev–Trinajstić information content (AvgIpc) is 3.15. The van der Waals surface area contributed by atoms with Crippen molar-refractivity contribution in [3.63, 3.8) is 0 Å². The van der Waals surface area contributed by atoms with Crippen LogP contribution in [0.4, 0.5) is 11.5 Å². The fourth-order valence-electron chi connectivity index (χ4n) is 1.97. The minimum Gasteiger partial charge on any atom is -0.383 e. The molecule has 0 spiro atoms. The van der Waals surface area contributed by atoms with Crippen LogP contribution in [-0.2, 0) is 4.74 Å². The molecule has 1 N–H and O–H groups in total. The van der Waals surface area contributed by atoms with Gasteiger partial charge in [-0.2, -0.15) is 0 Å². The van der Waals surface area contributed by atoms with Crippen molar-refractivity contribution in [2.75, 3.05) is 37.0 Å².